The molecule has 2 heterocycles. The highest BCUT2D eigenvalue weighted by Crippen LogP contribution is 2.32. The SMILES string of the molecule is O[C@H](c1cc(-c2ccc(Cl)cc2)nc2ccccc12)[C@@H]1CCCCN1. The van der Waals surface area contributed by atoms with Crippen LogP contribution in [-0.2, 0) is 0 Å². The zero-order valence-corrected chi connectivity index (χ0v) is 14.7. The van der Waals surface area contributed by atoms with Crippen molar-refractivity contribution < 1.29 is 5.11 Å². The number of pyridine rings is 1. The van der Waals surface area contributed by atoms with E-state index in [9.17, 15) is 5.11 Å². The zero-order valence-electron chi connectivity index (χ0n) is 14.0. The van der Waals surface area contributed by atoms with Crippen LogP contribution in [0.4, 0.5) is 0 Å². The van der Waals surface area contributed by atoms with Crippen molar-refractivity contribution >= 4 is 22.5 Å². The number of rotatable bonds is 3. The molecule has 3 aromatic rings. The summed E-state index contributed by atoms with van der Waals surface area (Å²) in [5, 5.41) is 16.2. The fraction of sp³-hybridized carbons (Fsp3) is 0.286. The van der Waals surface area contributed by atoms with E-state index >= 15 is 0 Å². The number of piperidine rings is 1. The Balaban J connectivity index is 1.82. The summed E-state index contributed by atoms with van der Waals surface area (Å²) in [6, 6.07) is 17.8. The fourth-order valence-electron chi connectivity index (χ4n) is 3.58. The highest BCUT2D eigenvalue weighted by molar-refractivity contribution is 6.30. The third-order valence-corrected chi connectivity index (χ3v) is 5.19. The van der Waals surface area contributed by atoms with Gasteiger partial charge in [0, 0.05) is 22.0 Å². The van der Waals surface area contributed by atoms with Crippen molar-refractivity contribution in [3.63, 3.8) is 0 Å². The minimum absolute atomic E-state index is 0.0950. The van der Waals surface area contributed by atoms with Crippen LogP contribution in [0.5, 0.6) is 0 Å². The van der Waals surface area contributed by atoms with Gasteiger partial charge in [-0.1, -0.05) is 48.4 Å². The number of halogens is 1. The third kappa shape index (κ3) is 3.40. The van der Waals surface area contributed by atoms with Gasteiger partial charge in [0.15, 0.2) is 0 Å². The molecular weight excluding hydrogens is 332 g/mol. The quantitative estimate of drug-likeness (QED) is 0.716. The number of nitrogens with zero attached hydrogens (tertiary/aromatic N) is 1. The molecule has 2 aromatic carbocycles. The summed E-state index contributed by atoms with van der Waals surface area (Å²) in [4.78, 5) is 4.79. The van der Waals surface area contributed by atoms with Crippen molar-refractivity contribution in [3.8, 4) is 11.3 Å². The average Bonchev–Trinajstić information content (AvgIpc) is 2.68. The van der Waals surface area contributed by atoms with Gasteiger partial charge in [0.1, 0.15) is 0 Å². The largest absolute Gasteiger partial charge is 0.387 e. The van der Waals surface area contributed by atoms with E-state index in [1.807, 2.05) is 54.6 Å². The molecule has 0 aliphatic carbocycles. The maximum Gasteiger partial charge on any atom is 0.0950 e. The van der Waals surface area contributed by atoms with E-state index < -0.39 is 6.10 Å². The van der Waals surface area contributed by atoms with Crippen LogP contribution in [-0.4, -0.2) is 22.7 Å². The summed E-state index contributed by atoms with van der Waals surface area (Å²) in [7, 11) is 0. The van der Waals surface area contributed by atoms with Gasteiger partial charge in [0.05, 0.1) is 17.3 Å². The summed E-state index contributed by atoms with van der Waals surface area (Å²) in [6.07, 6.45) is 2.78. The molecular formula is C21H21ClN2O. The first-order valence-electron chi connectivity index (χ1n) is 8.79. The molecule has 128 valence electrons. The van der Waals surface area contributed by atoms with Gasteiger partial charge in [-0.25, -0.2) is 4.98 Å². The topological polar surface area (TPSA) is 45.2 Å². The van der Waals surface area contributed by atoms with Crippen molar-refractivity contribution in [3.05, 3.63) is 65.2 Å². The molecule has 3 nitrogen and oxygen atoms in total. The Morgan fingerprint density at radius 3 is 2.64 bits per heavy atom. The van der Waals surface area contributed by atoms with Gasteiger partial charge in [0.2, 0.25) is 0 Å². The van der Waals surface area contributed by atoms with E-state index in [0.717, 1.165) is 47.1 Å². The molecule has 0 saturated carbocycles. The second-order valence-electron chi connectivity index (χ2n) is 6.62. The lowest BCUT2D eigenvalue weighted by atomic mass is 9.92. The molecule has 0 amide bonds. The summed E-state index contributed by atoms with van der Waals surface area (Å²) in [5.74, 6) is 0. The highest BCUT2D eigenvalue weighted by atomic mass is 35.5. The molecule has 1 aliphatic heterocycles. The van der Waals surface area contributed by atoms with Gasteiger partial charge in [0.25, 0.3) is 0 Å². The molecule has 4 heteroatoms. The van der Waals surface area contributed by atoms with E-state index in [1.54, 1.807) is 0 Å². The summed E-state index contributed by atoms with van der Waals surface area (Å²) < 4.78 is 0. The third-order valence-electron chi connectivity index (χ3n) is 4.94. The molecule has 1 aliphatic rings. The fourth-order valence-corrected chi connectivity index (χ4v) is 3.71. The molecule has 4 rings (SSSR count). The highest BCUT2D eigenvalue weighted by Gasteiger charge is 2.25. The van der Waals surface area contributed by atoms with Gasteiger partial charge in [-0.3, -0.25) is 0 Å². The van der Waals surface area contributed by atoms with Gasteiger partial charge in [-0.05, 0) is 49.2 Å². The van der Waals surface area contributed by atoms with Crippen molar-refractivity contribution in [2.45, 2.75) is 31.4 Å². The van der Waals surface area contributed by atoms with Crippen LogP contribution in [0.25, 0.3) is 22.2 Å². The minimum Gasteiger partial charge on any atom is -0.387 e. The van der Waals surface area contributed by atoms with E-state index in [-0.39, 0.29) is 6.04 Å². The maximum atomic E-state index is 11.0. The Labute approximate surface area is 152 Å². The molecule has 25 heavy (non-hydrogen) atoms. The lowest BCUT2D eigenvalue weighted by Gasteiger charge is -2.29. The molecule has 0 bridgehead atoms. The van der Waals surface area contributed by atoms with Crippen LogP contribution < -0.4 is 5.32 Å². The maximum absolute atomic E-state index is 11.0. The predicted molar refractivity (Wildman–Crippen MR) is 103 cm³/mol. The van der Waals surface area contributed by atoms with Crippen LogP contribution in [0.15, 0.2) is 54.6 Å². The summed E-state index contributed by atoms with van der Waals surface area (Å²) >= 11 is 6.01. The molecule has 1 aromatic heterocycles. The van der Waals surface area contributed by atoms with Crippen molar-refractivity contribution in [2.24, 2.45) is 0 Å². The monoisotopic (exact) mass is 352 g/mol. The number of hydrogen-bond donors (Lipinski definition) is 2. The Morgan fingerprint density at radius 1 is 1.08 bits per heavy atom. The molecule has 0 unspecified atom stereocenters. The first-order valence-corrected chi connectivity index (χ1v) is 9.17. The van der Waals surface area contributed by atoms with E-state index in [4.69, 9.17) is 16.6 Å². The normalized spacial score (nSPS) is 19.0. The first kappa shape index (κ1) is 16.5. The van der Waals surface area contributed by atoms with Crippen LogP contribution in [0.2, 0.25) is 5.02 Å². The Bertz CT molecular complexity index is 873. The standard InChI is InChI=1S/C21H21ClN2O/c22-15-10-8-14(9-11-15)20-13-17(16-5-1-2-6-18(16)24-20)21(25)19-7-3-4-12-23-19/h1-2,5-6,8-11,13,19,21,23,25H,3-4,7,12H2/t19-,21+/m0/s1. The van der Waals surface area contributed by atoms with Crippen LogP contribution in [0.1, 0.15) is 30.9 Å². The number of hydrogen-bond acceptors (Lipinski definition) is 3. The van der Waals surface area contributed by atoms with Crippen molar-refractivity contribution in [1.29, 1.82) is 0 Å². The second kappa shape index (κ2) is 7.12. The lowest BCUT2D eigenvalue weighted by molar-refractivity contribution is 0.115. The number of aromatic nitrogens is 1. The molecule has 0 radical (unpaired) electrons. The summed E-state index contributed by atoms with van der Waals surface area (Å²) in [6.45, 7) is 0.967. The first-order chi connectivity index (χ1) is 12.2. The number of aliphatic hydroxyl groups excluding tert-OH is 1. The number of para-hydroxylation sites is 1. The second-order valence-corrected chi connectivity index (χ2v) is 7.06. The number of fused-ring (bicyclic) bond motifs is 1. The Kier molecular flexibility index (Phi) is 4.71. The van der Waals surface area contributed by atoms with Gasteiger partial charge >= 0.3 is 0 Å². The van der Waals surface area contributed by atoms with E-state index in [2.05, 4.69) is 5.32 Å². The minimum atomic E-state index is -0.542. The van der Waals surface area contributed by atoms with E-state index in [1.165, 1.54) is 6.42 Å². The Hall–Kier alpha value is -1.94. The van der Waals surface area contributed by atoms with E-state index in [0.29, 0.717) is 5.02 Å². The van der Waals surface area contributed by atoms with Crippen molar-refractivity contribution in [1.82, 2.24) is 10.3 Å². The van der Waals surface area contributed by atoms with Crippen molar-refractivity contribution in [2.75, 3.05) is 6.54 Å². The smallest absolute Gasteiger partial charge is 0.0950 e. The molecule has 0 spiro atoms. The molecule has 2 atom stereocenters. The zero-order chi connectivity index (χ0) is 17.2. The van der Waals surface area contributed by atoms with Gasteiger partial charge in [-0.15, -0.1) is 0 Å². The number of nitrogens with one attached hydrogen (secondary N) is 1. The number of aliphatic hydroxyl groups is 1. The van der Waals surface area contributed by atoms with Gasteiger partial charge in [-0.2, -0.15) is 0 Å². The van der Waals surface area contributed by atoms with Crippen LogP contribution >= 0.6 is 11.6 Å². The van der Waals surface area contributed by atoms with Crippen LogP contribution in [0.3, 0.4) is 0 Å². The molecule has 1 fully saturated rings. The Morgan fingerprint density at radius 2 is 1.88 bits per heavy atom. The molecule has 1 saturated heterocycles. The van der Waals surface area contributed by atoms with Gasteiger partial charge < -0.3 is 10.4 Å². The molecule has 2 N–H and O–H groups in total. The summed E-state index contributed by atoms with van der Waals surface area (Å²) in [5.41, 5.74) is 3.70. The predicted octanol–water partition coefficient (Wildman–Crippen LogP) is 4.73. The average molecular weight is 353 g/mol. The lowest BCUT2D eigenvalue weighted by Crippen LogP contribution is -2.38. The number of benzene rings is 2. The van der Waals surface area contributed by atoms with Crippen LogP contribution in [0, 0.1) is 0 Å².